The second kappa shape index (κ2) is 4.42. The molecule has 0 saturated carbocycles. The first kappa shape index (κ1) is 11.8. The van der Waals surface area contributed by atoms with Gasteiger partial charge in [-0.15, -0.1) is 0 Å². The standard InChI is InChI=1S/C14H17N5/c1-3-11-12-13(15)16-17-14(12)19(18-11)8-10-7-5-4-6-9(10)2/h4-7H,3,8H2,1-2H3,(H3,15,16,17). The smallest absolute Gasteiger partial charge is 0.182 e. The van der Waals surface area contributed by atoms with Gasteiger partial charge < -0.3 is 5.73 Å². The average molecular weight is 255 g/mol. The molecule has 0 atom stereocenters. The van der Waals surface area contributed by atoms with Crippen molar-refractivity contribution in [2.75, 3.05) is 5.73 Å². The zero-order valence-corrected chi connectivity index (χ0v) is 11.1. The molecule has 0 bridgehead atoms. The highest BCUT2D eigenvalue weighted by Gasteiger charge is 2.15. The second-order valence-corrected chi connectivity index (χ2v) is 4.72. The first-order valence-electron chi connectivity index (χ1n) is 6.44. The van der Waals surface area contributed by atoms with E-state index < -0.39 is 0 Å². The Bertz CT molecular complexity index is 723. The molecule has 3 N–H and O–H groups in total. The summed E-state index contributed by atoms with van der Waals surface area (Å²) in [6.45, 7) is 4.90. The molecule has 0 radical (unpaired) electrons. The van der Waals surface area contributed by atoms with Crippen LogP contribution in [0, 0.1) is 6.92 Å². The molecule has 0 saturated heterocycles. The van der Waals surface area contributed by atoms with Crippen LogP contribution < -0.4 is 5.73 Å². The third-order valence-electron chi connectivity index (χ3n) is 3.47. The highest BCUT2D eigenvalue weighted by Crippen LogP contribution is 2.23. The van der Waals surface area contributed by atoms with Gasteiger partial charge >= 0.3 is 0 Å². The number of nitrogens with one attached hydrogen (secondary N) is 1. The summed E-state index contributed by atoms with van der Waals surface area (Å²) in [6.07, 6.45) is 0.848. The molecule has 0 aliphatic carbocycles. The molecule has 3 aromatic rings. The number of fused-ring (bicyclic) bond motifs is 1. The molecule has 98 valence electrons. The maximum absolute atomic E-state index is 5.92. The van der Waals surface area contributed by atoms with Gasteiger partial charge in [0.05, 0.1) is 17.6 Å². The maximum Gasteiger partial charge on any atom is 0.182 e. The summed E-state index contributed by atoms with van der Waals surface area (Å²) in [7, 11) is 0. The van der Waals surface area contributed by atoms with Gasteiger partial charge in [-0.3, -0.25) is 5.10 Å². The van der Waals surface area contributed by atoms with Gasteiger partial charge in [0.1, 0.15) is 5.82 Å². The van der Waals surface area contributed by atoms with E-state index in [2.05, 4.69) is 41.3 Å². The number of aryl methyl sites for hydroxylation is 2. The van der Waals surface area contributed by atoms with E-state index in [9.17, 15) is 0 Å². The number of nitrogens with two attached hydrogens (primary N) is 1. The van der Waals surface area contributed by atoms with Crippen LogP contribution in [0.4, 0.5) is 5.82 Å². The van der Waals surface area contributed by atoms with Gasteiger partial charge in [-0.05, 0) is 24.5 Å². The van der Waals surface area contributed by atoms with Crippen LogP contribution in [-0.4, -0.2) is 20.0 Å². The van der Waals surface area contributed by atoms with E-state index in [4.69, 9.17) is 5.73 Å². The molecule has 0 amide bonds. The Balaban J connectivity index is 2.09. The fourth-order valence-electron chi connectivity index (χ4n) is 2.37. The lowest BCUT2D eigenvalue weighted by Crippen LogP contribution is -2.04. The van der Waals surface area contributed by atoms with Gasteiger partial charge in [0.25, 0.3) is 0 Å². The number of hydrogen-bond donors (Lipinski definition) is 2. The Morgan fingerprint density at radius 3 is 2.84 bits per heavy atom. The third-order valence-corrected chi connectivity index (χ3v) is 3.47. The number of anilines is 1. The zero-order chi connectivity index (χ0) is 13.4. The van der Waals surface area contributed by atoms with Crippen LogP contribution in [0.25, 0.3) is 11.0 Å². The molecule has 0 unspecified atom stereocenters. The van der Waals surface area contributed by atoms with E-state index in [1.54, 1.807) is 0 Å². The van der Waals surface area contributed by atoms with E-state index in [1.807, 2.05) is 16.8 Å². The quantitative estimate of drug-likeness (QED) is 0.754. The minimum atomic E-state index is 0.600. The number of aromatic nitrogens is 4. The number of hydrogen-bond acceptors (Lipinski definition) is 3. The molecule has 5 heteroatoms. The molecule has 0 aliphatic heterocycles. The summed E-state index contributed by atoms with van der Waals surface area (Å²) in [5.74, 6) is 0.600. The average Bonchev–Trinajstić information content (AvgIpc) is 2.95. The van der Waals surface area contributed by atoms with Gasteiger partial charge in [-0.25, -0.2) is 4.68 Å². The van der Waals surface area contributed by atoms with E-state index in [1.165, 1.54) is 11.1 Å². The largest absolute Gasteiger partial charge is 0.383 e. The van der Waals surface area contributed by atoms with Gasteiger partial charge in [0, 0.05) is 0 Å². The monoisotopic (exact) mass is 255 g/mol. The summed E-state index contributed by atoms with van der Waals surface area (Å²) in [5, 5.41) is 12.7. The Labute approximate surface area is 111 Å². The molecular weight excluding hydrogens is 238 g/mol. The second-order valence-electron chi connectivity index (χ2n) is 4.72. The molecule has 1 aromatic carbocycles. The van der Waals surface area contributed by atoms with Crippen LogP contribution in [0.5, 0.6) is 0 Å². The zero-order valence-electron chi connectivity index (χ0n) is 11.1. The third kappa shape index (κ3) is 1.87. The highest BCUT2D eigenvalue weighted by molar-refractivity contribution is 5.88. The number of benzene rings is 1. The van der Waals surface area contributed by atoms with E-state index in [0.717, 1.165) is 23.1 Å². The number of nitrogens with zero attached hydrogens (tertiary/aromatic N) is 3. The lowest BCUT2D eigenvalue weighted by atomic mass is 10.1. The molecule has 5 nitrogen and oxygen atoms in total. The fourth-order valence-corrected chi connectivity index (χ4v) is 2.37. The molecule has 2 aromatic heterocycles. The van der Waals surface area contributed by atoms with Crippen LogP contribution >= 0.6 is 0 Å². The van der Waals surface area contributed by atoms with Crippen molar-refractivity contribution in [3.8, 4) is 0 Å². The summed E-state index contributed by atoms with van der Waals surface area (Å²) >= 11 is 0. The Kier molecular flexibility index (Phi) is 2.74. The van der Waals surface area contributed by atoms with E-state index >= 15 is 0 Å². The van der Waals surface area contributed by atoms with Gasteiger partial charge in [-0.1, -0.05) is 31.2 Å². The van der Waals surface area contributed by atoms with Gasteiger partial charge in [-0.2, -0.15) is 10.2 Å². The van der Waals surface area contributed by atoms with Crippen molar-refractivity contribution in [3.05, 3.63) is 41.1 Å². The lowest BCUT2D eigenvalue weighted by molar-refractivity contribution is 0.682. The van der Waals surface area contributed by atoms with E-state index in [0.29, 0.717) is 12.4 Å². The topological polar surface area (TPSA) is 72.5 Å². The highest BCUT2D eigenvalue weighted by atomic mass is 15.3. The Morgan fingerprint density at radius 2 is 2.11 bits per heavy atom. The minimum Gasteiger partial charge on any atom is -0.383 e. The van der Waals surface area contributed by atoms with Crippen molar-refractivity contribution in [2.45, 2.75) is 26.8 Å². The van der Waals surface area contributed by atoms with Crippen LogP contribution in [-0.2, 0) is 13.0 Å². The lowest BCUT2D eigenvalue weighted by Gasteiger charge is -2.05. The van der Waals surface area contributed by atoms with Crippen molar-refractivity contribution in [1.29, 1.82) is 0 Å². The van der Waals surface area contributed by atoms with E-state index in [-0.39, 0.29) is 0 Å². The number of rotatable bonds is 3. The first-order chi connectivity index (χ1) is 9.20. The normalized spacial score (nSPS) is 11.3. The fraction of sp³-hybridized carbons (Fsp3) is 0.286. The Morgan fingerprint density at radius 1 is 1.32 bits per heavy atom. The first-order valence-corrected chi connectivity index (χ1v) is 6.44. The molecule has 3 rings (SSSR count). The number of H-pyrrole nitrogens is 1. The van der Waals surface area contributed by atoms with Crippen molar-refractivity contribution >= 4 is 16.9 Å². The summed E-state index contributed by atoms with van der Waals surface area (Å²) < 4.78 is 1.92. The van der Waals surface area contributed by atoms with Crippen molar-refractivity contribution in [2.24, 2.45) is 0 Å². The van der Waals surface area contributed by atoms with Crippen molar-refractivity contribution in [3.63, 3.8) is 0 Å². The predicted molar refractivity (Wildman–Crippen MR) is 76.0 cm³/mol. The van der Waals surface area contributed by atoms with Crippen LogP contribution in [0.2, 0.25) is 0 Å². The summed E-state index contributed by atoms with van der Waals surface area (Å²) in [6, 6.07) is 8.31. The van der Waals surface area contributed by atoms with Crippen molar-refractivity contribution < 1.29 is 0 Å². The number of nitrogen functional groups attached to an aromatic ring is 1. The maximum atomic E-state index is 5.92. The molecule has 19 heavy (non-hydrogen) atoms. The molecule has 0 spiro atoms. The molecule has 0 fully saturated rings. The summed E-state index contributed by atoms with van der Waals surface area (Å²) in [5.41, 5.74) is 10.2. The summed E-state index contributed by atoms with van der Waals surface area (Å²) in [4.78, 5) is 0. The minimum absolute atomic E-state index is 0.600. The van der Waals surface area contributed by atoms with Crippen LogP contribution in [0.1, 0.15) is 23.7 Å². The molecule has 2 heterocycles. The van der Waals surface area contributed by atoms with Crippen LogP contribution in [0.3, 0.4) is 0 Å². The molecule has 0 aliphatic rings. The predicted octanol–water partition coefficient (Wildman–Crippen LogP) is 2.26. The molecular formula is C14H17N5. The van der Waals surface area contributed by atoms with Crippen LogP contribution in [0.15, 0.2) is 24.3 Å². The van der Waals surface area contributed by atoms with Gasteiger partial charge in [0.2, 0.25) is 0 Å². The van der Waals surface area contributed by atoms with Gasteiger partial charge in [0.15, 0.2) is 5.65 Å². The Hall–Kier alpha value is -2.30. The SMILES string of the molecule is CCc1nn(Cc2ccccc2C)c2n[nH]c(N)c12. The van der Waals surface area contributed by atoms with Crippen molar-refractivity contribution in [1.82, 2.24) is 20.0 Å². The number of aromatic amines is 1.